The summed E-state index contributed by atoms with van der Waals surface area (Å²) in [6.45, 7) is 2.15. The first-order valence-electron chi connectivity index (χ1n) is 9.59. The van der Waals surface area contributed by atoms with Crippen LogP contribution in [0.1, 0.15) is 29.5 Å². The van der Waals surface area contributed by atoms with Crippen LogP contribution in [0.25, 0.3) is 0 Å². The molecule has 0 saturated carbocycles. The summed E-state index contributed by atoms with van der Waals surface area (Å²) >= 11 is 11.8. The smallest absolute Gasteiger partial charge is 0.374 e. The largest absolute Gasteiger partial charge is 0.435 e. The van der Waals surface area contributed by atoms with Crippen molar-refractivity contribution >= 4 is 45.6 Å². The number of halogens is 5. The van der Waals surface area contributed by atoms with Crippen molar-refractivity contribution in [3.05, 3.63) is 63.1 Å². The Morgan fingerprint density at radius 3 is 2.44 bits per heavy atom. The van der Waals surface area contributed by atoms with E-state index in [4.69, 9.17) is 28.0 Å². The average molecular weight is 505 g/mol. The quantitative estimate of drug-likeness (QED) is 0.645. The van der Waals surface area contributed by atoms with Crippen LogP contribution in [-0.4, -0.2) is 33.8 Å². The highest BCUT2D eigenvalue weighted by atomic mass is 35.5. The first-order chi connectivity index (χ1) is 15.0. The number of amides is 1. The Balaban J connectivity index is 1.65. The predicted molar refractivity (Wildman–Crippen MR) is 115 cm³/mol. The molecule has 3 atom stereocenters. The van der Waals surface area contributed by atoms with Crippen LogP contribution in [0.15, 0.2) is 46.4 Å². The van der Waals surface area contributed by atoms with E-state index in [1.807, 2.05) is 0 Å². The van der Waals surface area contributed by atoms with Gasteiger partial charge in [0.2, 0.25) is 5.91 Å². The van der Waals surface area contributed by atoms with Crippen LogP contribution in [-0.2, 0) is 26.0 Å². The third-order valence-electron chi connectivity index (χ3n) is 5.50. The van der Waals surface area contributed by atoms with Crippen LogP contribution in [0.4, 0.5) is 13.2 Å². The molecule has 0 aliphatic carbocycles. The van der Waals surface area contributed by atoms with Gasteiger partial charge in [0.1, 0.15) is 5.25 Å². The zero-order valence-electron chi connectivity index (χ0n) is 16.6. The second-order valence-electron chi connectivity index (χ2n) is 7.63. The van der Waals surface area contributed by atoms with Crippen molar-refractivity contribution in [3.63, 3.8) is 0 Å². The SMILES string of the molecule is Cc1cc(C2=NOC(c3cc(Cl)cc(Cl)c3)(C(F)(F)F)C2)ccc1S(=O)C1CCNC1=O. The van der Waals surface area contributed by atoms with Crippen molar-refractivity contribution in [2.75, 3.05) is 6.54 Å². The minimum Gasteiger partial charge on any atom is -0.374 e. The molecule has 11 heteroatoms. The molecule has 1 saturated heterocycles. The summed E-state index contributed by atoms with van der Waals surface area (Å²) in [5.41, 5.74) is -1.91. The molecule has 2 aliphatic rings. The fraction of sp³-hybridized carbons (Fsp3) is 0.333. The summed E-state index contributed by atoms with van der Waals surface area (Å²) < 4.78 is 55.3. The monoisotopic (exact) mass is 504 g/mol. The number of hydrogen-bond donors (Lipinski definition) is 1. The molecule has 5 nitrogen and oxygen atoms in total. The third kappa shape index (κ3) is 4.02. The normalized spacial score (nSPS) is 24.1. The number of benzene rings is 2. The Labute approximate surface area is 194 Å². The summed E-state index contributed by atoms with van der Waals surface area (Å²) in [6.07, 6.45) is -4.91. The van der Waals surface area contributed by atoms with E-state index in [9.17, 15) is 22.2 Å². The van der Waals surface area contributed by atoms with E-state index in [1.165, 1.54) is 12.1 Å². The molecule has 4 rings (SSSR count). The molecule has 2 heterocycles. The lowest BCUT2D eigenvalue weighted by Crippen LogP contribution is -2.42. The van der Waals surface area contributed by atoms with Gasteiger partial charge < -0.3 is 10.2 Å². The average Bonchev–Trinajstić information content (AvgIpc) is 3.34. The molecule has 1 N–H and O–H groups in total. The minimum absolute atomic E-state index is 0.0480. The van der Waals surface area contributed by atoms with E-state index in [1.54, 1.807) is 19.1 Å². The molecule has 1 amide bonds. The van der Waals surface area contributed by atoms with E-state index in [-0.39, 0.29) is 27.2 Å². The van der Waals surface area contributed by atoms with Gasteiger partial charge in [0.15, 0.2) is 0 Å². The van der Waals surface area contributed by atoms with Gasteiger partial charge in [-0.05, 0) is 54.8 Å². The number of carbonyl (C=O) groups is 1. The molecule has 0 spiro atoms. The first-order valence-corrected chi connectivity index (χ1v) is 11.6. The van der Waals surface area contributed by atoms with Gasteiger partial charge in [-0.2, -0.15) is 13.2 Å². The van der Waals surface area contributed by atoms with Crippen LogP contribution >= 0.6 is 23.2 Å². The predicted octanol–water partition coefficient (Wildman–Crippen LogP) is 4.88. The van der Waals surface area contributed by atoms with Crippen molar-refractivity contribution in [2.24, 2.45) is 5.16 Å². The lowest BCUT2D eigenvalue weighted by Gasteiger charge is -2.29. The van der Waals surface area contributed by atoms with Crippen LogP contribution in [0, 0.1) is 6.92 Å². The lowest BCUT2D eigenvalue weighted by atomic mass is 9.86. The van der Waals surface area contributed by atoms with Crippen LogP contribution in [0.3, 0.4) is 0 Å². The number of alkyl halides is 3. The Morgan fingerprint density at radius 2 is 1.88 bits per heavy atom. The molecule has 0 bridgehead atoms. The van der Waals surface area contributed by atoms with Gasteiger partial charge in [-0.15, -0.1) is 0 Å². The van der Waals surface area contributed by atoms with Gasteiger partial charge in [-0.3, -0.25) is 9.00 Å². The zero-order chi connectivity index (χ0) is 23.3. The number of nitrogens with one attached hydrogen (secondary N) is 1. The second kappa shape index (κ2) is 8.35. The second-order valence-corrected chi connectivity index (χ2v) is 10.1. The molecule has 0 aromatic heterocycles. The fourth-order valence-corrected chi connectivity index (χ4v) is 5.85. The van der Waals surface area contributed by atoms with E-state index >= 15 is 0 Å². The third-order valence-corrected chi connectivity index (χ3v) is 7.79. The molecule has 3 unspecified atom stereocenters. The van der Waals surface area contributed by atoms with Gasteiger partial charge in [-0.25, -0.2) is 0 Å². The zero-order valence-corrected chi connectivity index (χ0v) is 19.0. The maximum absolute atomic E-state index is 14.2. The molecule has 170 valence electrons. The lowest BCUT2D eigenvalue weighted by molar-refractivity contribution is -0.275. The number of rotatable bonds is 4. The van der Waals surface area contributed by atoms with Gasteiger partial charge >= 0.3 is 6.18 Å². The minimum atomic E-state index is -4.79. The maximum atomic E-state index is 14.2. The number of oxime groups is 1. The summed E-state index contributed by atoms with van der Waals surface area (Å²) in [4.78, 5) is 17.3. The van der Waals surface area contributed by atoms with Gasteiger partial charge in [0.25, 0.3) is 5.60 Å². The topological polar surface area (TPSA) is 67.8 Å². The summed E-state index contributed by atoms with van der Waals surface area (Å²) in [5.74, 6) is -0.268. The van der Waals surface area contributed by atoms with Crippen molar-refractivity contribution in [3.8, 4) is 0 Å². The Kier molecular flexibility index (Phi) is 6.02. The number of aryl methyl sites for hydroxylation is 1. The highest BCUT2D eigenvalue weighted by Gasteiger charge is 2.62. The molecule has 0 radical (unpaired) electrons. The van der Waals surface area contributed by atoms with E-state index in [0.717, 1.165) is 12.1 Å². The molecule has 2 aliphatic heterocycles. The molecule has 2 aromatic carbocycles. The van der Waals surface area contributed by atoms with Crippen LogP contribution in [0.2, 0.25) is 10.0 Å². The van der Waals surface area contributed by atoms with Crippen molar-refractivity contribution in [1.29, 1.82) is 0 Å². The molecular weight excluding hydrogens is 488 g/mol. The summed E-state index contributed by atoms with van der Waals surface area (Å²) in [5, 5.41) is 5.84. The number of nitrogens with zero attached hydrogens (tertiary/aromatic N) is 1. The molecular formula is C21H17Cl2F3N2O3S. The summed E-state index contributed by atoms with van der Waals surface area (Å²) in [6, 6.07) is 8.33. The van der Waals surface area contributed by atoms with Crippen molar-refractivity contribution in [2.45, 2.75) is 41.7 Å². The standard InChI is InChI=1S/C21H17Cl2F3N2O3S/c1-11-6-12(2-3-17(11)32(30)18-4-5-27-19(18)29)16-10-20(31-28-16,21(24,25)26)13-7-14(22)9-15(23)8-13/h2-3,6-9,18H,4-5,10H2,1H3,(H,27,29). The van der Waals surface area contributed by atoms with E-state index in [0.29, 0.717) is 29.0 Å². The van der Waals surface area contributed by atoms with Gasteiger partial charge in [0.05, 0.1) is 16.5 Å². The first kappa shape index (κ1) is 23.1. The number of hydrogen-bond acceptors (Lipinski definition) is 4. The highest BCUT2D eigenvalue weighted by Crippen LogP contribution is 2.49. The molecule has 32 heavy (non-hydrogen) atoms. The summed E-state index contributed by atoms with van der Waals surface area (Å²) in [7, 11) is -1.57. The Hall–Kier alpha value is -2.10. The van der Waals surface area contributed by atoms with Crippen LogP contribution in [0.5, 0.6) is 0 Å². The van der Waals surface area contributed by atoms with Gasteiger partial charge in [0, 0.05) is 33.5 Å². The molecule has 2 aromatic rings. The van der Waals surface area contributed by atoms with E-state index in [2.05, 4.69) is 10.5 Å². The fourth-order valence-electron chi connectivity index (χ4n) is 3.83. The van der Waals surface area contributed by atoms with Crippen molar-refractivity contribution in [1.82, 2.24) is 5.32 Å². The Bertz CT molecular complexity index is 1140. The Morgan fingerprint density at radius 1 is 1.19 bits per heavy atom. The van der Waals surface area contributed by atoms with E-state index < -0.39 is 34.2 Å². The van der Waals surface area contributed by atoms with Crippen molar-refractivity contribution < 1.29 is 27.0 Å². The maximum Gasteiger partial charge on any atom is 0.435 e. The number of carbonyl (C=O) groups excluding carboxylic acids is 1. The molecule has 1 fully saturated rings. The highest BCUT2D eigenvalue weighted by molar-refractivity contribution is 7.86. The van der Waals surface area contributed by atoms with Crippen LogP contribution < -0.4 is 5.32 Å². The van der Waals surface area contributed by atoms with Gasteiger partial charge in [-0.1, -0.05) is 34.4 Å².